The quantitative estimate of drug-likeness (QED) is 0.880. The minimum Gasteiger partial charge on any atom is -0.434 e. The molecule has 0 aliphatic rings. The first-order chi connectivity index (χ1) is 10.1. The Balaban J connectivity index is 2.02. The van der Waals surface area contributed by atoms with Crippen LogP contribution in [0.3, 0.4) is 0 Å². The van der Waals surface area contributed by atoms with E-state index in [2.05, 4.69) is 26.0 Å². The van der Waals surface area contributed by atoms with Crippen LogP contribution in [0.5, 0.6) is 5.75 Å². The molecular weight excluding hydrogens is 344 g/mol. The number of halogens is 3. The second-order valence-electron chi connectivity index (χ2n) is 4.18. The van der Waals surface area contributed by atoms with Crippen LogP contribution >= 0.6 is 15.9 Å². The van der Waals surface area contributed by atoms with E-state index in [-0.39, 0.29) is 18.2 Å². The zero-order valence-corrected chi connectivity index (χ0v) is 12.4. The fraction of sp³-hybridized carbons (Fsp3) is 0.133. The minimum absolute atomic E-state index is 0.0589. The number of nitrogens with one attached hydrogen (secondary N) is 1. The second-order valence-corrected chi connectivity index (χ2v) is 5.09. The normalized spacial score (nSPS) is 10.5. The van der Waals surface area contributed by atoms with Crippen molar-refractivity contribution >= 4 is 21.8 Å². The summed E-state index contributed by atoms with van der Waals surface area (Å²) < 4.78 is 29.9. The summed E-state index contributed by atoms with van der Waals surface area (Å²) in [6.07, 6.45) is 0. The molecule has 3 nitrogen and oxygen atoms in total. The lowest BCUT2D eigenvalue weighted by atomic mass is 10.2. The van der Waals surface area contributed by atoms with Crippen molar-refractivity contribution in [2.75, 3.05) is 0 Å². The van der Waals surface area contributed by atoms with Gasteiger partial charge in [-0.05, 0) is 30.3 Å². The molecule has 21 heavy (non-hydrogen) atoms. The van der Waals surface area contributed by atoms with Gasteiger partial charge in [-0.1, -0.05) is 34.1 Å². The third kappa shape index (κ3) is 4.53. The highest BCUT2D eigenvalue weighted by Crippen LogP contribution is 2.20. The molecule has 0 aromatic heterocycles. The van der Waals surface area contributed by atoms with E-state index in [1.54, 1.807) is 42.5 Å². The number of hydrogen-bond donors (Lipinski definition) is 1. The Morgan fingerprint density at radius 1 is 1.14 bits per heavy atom. The van der Waals surface area contributed by atoms with Crippen LogP contribution in [-0.4, -0.2) is 12.5 Å². The molecule has 6 heteroatoms. The van der Waals surface area contributed by atoms with Crippen molar-refractivity contribution in [3.8, 4) is 5.75 Å². The number of para-hydroxylation sites is 1. The van der Waals surface area contributed by atoms with Gasteiger partial charge in [0, 0.05) is 22.1 Å². The highest BCUT2D eigenvalue weighted by Gasteiger charge is 2.10. The fourth-order valence-electron chi connectivity index (χ4n) is 1.74. The van der Waals surface area contributed by atoms with Crippen LogP contribution in [0.1, 0.15) is 15.9 Å². The van der Waals surface area contributed by atoms with Gasteiger partial charge in [-0.3, -0.25) is 4.79 Å². The van der Waals surface area contributed by atoms with Crippen molar-refractivity contribution in [3.63, 3.8) is 0 Å². The molecular formula is C15H12BrF2NO2. The first-order valence-electron chi connectivity index (χ1n) is 6.13. The standard InChI is InChI=1S/C15H12BrF2NO2/c16-12-7-5-10(6-8-12)14(20)19-9-11-3-1-2-4-13(11)21-15(17)18/h1-8,15H,9H2,(H,19,20). The van der Waals surface area contributed by atoms with Crippen LogP contribution in [0.25, 0.3) is 0 Å². The van der Waals surface area contributed by atoms with E-state index in [0.717, 1.165) is 4.47 Å². The number of hydrogen-bond acceptors (Lipinski definition) is 2. The van der Waals surface area contributed by atoms with E-state index in [0.29, 0.717) is 11.1 Å². The Labute approximate surface area is 129 Å². The molecule has 0 spiro atoms. The third-order valence-electron chi connectivity index (χ3n) is 2.73. The summed E-state index contributed by atoms with van der Waals surface area (Å²) >= 11 is 3.28. The van der Waals surface area contributed by atoms with Gasteiger partial charge < -0.3 is 10.1 Å². The first kappa shape index (κ1) is 15.4. The van der Waals surface area contributed by atoms with Crippen molar-refractivity contribution in [2.45, 2.75) is 13.2 Å². The van der Waals surface area contributed by atoms with E-state index in [1.165, 1.54) is 6.07 Å². The zero-order valence-electron chi connectivity index (χ0n) is 10.9. The fourth-order valence-corrected chi connectivity index (χ4v) is 2.00. The van der Waals surface area contributed by atoms with Gasteiger partial charge in [0.2, 0.25) is 0 Å². The van der Waals surface area contributed by atoms with Crippen LogP contribution in [0.15, 0.2) is 53.0 Å². The highest BCUT2D eigenvalue weighted by atomic mass is 79.9. The van der Waals surface area contributed by atoms with Crippen LogP contribution in [0.4, 0.5) is 8.78 Å². The molecule has 0 saturated heterocycles. The SMILES string of the molecule is O=C(NCc1ccccc1OC(F)F)c1ccc(Br)cc1. The van der Waals surface area contributed by atoms with Crippen LogP contribution in [0.2, 0.25) is 0 Å². The van der Waals surface area contributed by atoms with Gasteiger partial charge in [-0.2, -0.15) is 8.78 Å². The molecule has 1 N–H and O–H groups in total. The average Bonchev–Trinajstić information content (AvgIpc) is 2.46. The second kappa shape index (κ2) is 7.17. The number of rotatable bonds is 5. The summed E-state index contributed by atoms with van der Waals surface area (Å²) in [4.78, 5) is 11.9. The first-order valence-corrected chi connectivity index (χ1v) is 6.92. The Hall–Kier alpha value is -1.95. The third-order valence-corrected chi connectivity index (χ3v) is 3.26. The molecule has 0 radical (unpaired) electrons. The Kier molecular flexibility index (Phi) is 5.27. The molecule has 1 amide bonds. The van der Waals surface area contributed by atoms with Gasteiger partial charge in [0.25, 0.3) is 5.91 Å². The molecule has 2 rings (SSSR count). The number of benzene rings is 2. The molecule has 0 bridgehead atoms. The predicted octanol–water partition coefficient (Wildman–Crippen LogP) is 3.98. The molecule has 0 aliphatic heterocycles. The monoisotopic (exact) mass is 355 g/mol. The number of ether oxygens (including phenoxy) is 1. The Morgan fingerprint density at radius 2 is 1.81 bits per heavy atom. The number of amides is 1. The molecule has 110 valence electrons. The lowest BCUT2D eigenvalue weighted by Crippen LogP contribution is -2.23. The van der Waals surface area contributed by atoms with Crippen molar-refractivity contribution in [3.05, 3.63) is 64.1 Å². The van der Waals surface area contributed by atoms with Crippen molar-refractivity contribution in [2.24, 2.45) is 0 Å². The van der Waals surface area contributed by atoms with E-state index in [1.807, 2.05) is 0 Å². The van der Waals surface area contributed by atoms with Crippen LogP contribution in [-0.2, 0) is 6.54 Å². The van der Waals surface area contributed by atoms with E-state index in [9.17, 15) is 13.6 Å². The maximum atomic E-state index is 12.3. The Morgan fingerprint density at radius 3 is 2.48 bits per heavy atom. The maximum Gasteiger partial charge on any atom is 0.387 e. The van der Waals surface area contributed by atoms with Crippen molar-refractivity contribution < 1.29 is 18.3 Å². The molecule has 2 aromatic carbocycles. The van der Waals surface area contributed by atoms with Gasteiger partial charge in [0.1, 0.15) is 5.75 Å². The van der Waals surface area contributed by atoms with Gasteiger partial charge >= 0.3 is 6.61 Å². The molecule has 0 aliphatic carbocycles. The van der Waals surface area contributed by atoms with E-state index < -0.39 is 6.61 Å². The van der Waals surface area contributed by atoms with Crippen molar-refractivity contribution in [1.29, 1.82) is 0 Å². The maximum absolute atomic E-state index is 12.3. The molecule has 0 unspecified atom stereocenters. The minimum atomic E-state index is -2.90. The summed E-state index contributed by atoms with van der Waals surface area (Å²) in [5.74, 6) is -0.224. The summed E-state index contributed by atoms with van der Waals surface area (Å²) in [5.41, 5.74) is 0.980. The summed E-state index contributed by atoms with van der Waals surface area (Å²) in [6, 6.07) is 13.2. The van der Waals surface area contributed by atoms with Gasteiger partial charge in [-0.15, -0.1) is 0 Å². The largest absolute Gasteiger partial charge is 0.434 e. The van der Waals surface area contributed by atoms with Gasteiger partial charge in [-0.25, -0.2) is 0 Å². The molecule has 0 atom stereocenters. The molecule has 2 aromatic rings. The highest BCUT2D eigenvalue weighted by molar-refractivity contribution is 9.10. The topological polar surface area (TPSA) is 38.3 Å². The lowest BCUT2D eigenvalue weighted by Gasteiger charge is -2.11. The summed E-state index contributed by atoms with van der Waals surface area (Å²) in [5, 5.41) is 2.67. The van der Waals surface area contributed by atoms with E-state index >= 15 is 0 Å². The summed E-state index contributed by atoms with van der Waals surface area (Å²) in [7, 11) is 0. The zero-order chi connectivity index (χ0) is 15.2. The number of alkyl halides is 2. The lowest BCUT2D eigenvalue weighted by molar-refractivity contribution is -0.0504. The summed E-state index contributed by atoms with van der Waals surface area (Å²) in [6.45, 7) is -2.79. The van der Waals surface area contributed by atoms with Crippen LogP contribution < -0.4 is 10.1 Å². The molecule has 0 saturated carbocycles. The molecule has 0 fully saturated rings. The number of carbonyl (C=O) groups is 1. The number of carbonyl (C=O) groups excluding carboxylic acids is 1. The van der Waals surface area contributed by atoms with Gasteiger partial charge in [0.15, 0.2) is 0 Å². The smallest absolute Gasteiger partial charge is 0.387 e. The Bertz CT molecular complexity index is 617. The predicted molar refractivity (Wildman–Crippen MR) is 78.4 cm³/mol. The van der Waals surface area contributed by atoms with E-state index in [4.69, 9.17) is 0 Å². The van der Waals surface area contributed by atoms with Gasteiger partial charge in [0.05, 0.1) is 0 Å². The van der Waals surface area contributed by atoms with Crippen LogP contribution in [0, 0.1) is 0 Å². The average molecular weight is 356 g/mol. The molecule has 0 heterocycles. The van der Waals surface area contributed by atoms with Crippen molar-refractivity contribution in [1.82, 2.24) is 5.32 Å².